The molecule has 0 aliphatic carbocycles. The molecular weight excluding hydrogens is 543 g/mol. The standard InChI is InChI=1S/C27H23IN2O4/c1-3-33-27(32)21-8-10-23(11-9-21)30-26(31)22(16-29)14-19-7-12-25(24(28)15-19)34-17-20-6-4-5-18(2)13-20/h4-15H,3,17H2,1-2H3,(H,30,31)/b22-14+. The molecule has 1 N–H and O–H groups in total. The minimum atomic E-state index is -0.541. The summed E-state index contributed by atoms with van der Waals surface area (Å²) in [4.78, 5) is 24.3. The molecule has 0 radical (unpaired) electrons. The molecule has 172 valence electrons. The predicted octanol–water partition coefficient (Wildman–Crippen LogP) is 5.90. The number of hydrogen-bond acceptors (Lipinski definition) is 5. The van der Waals surface area contributed by atoms with Crippen LogP contribution in [-0.4, -0.2) is 18.5 Å². The van der Waals surface area contributed by atoms with Crippen molar-refractivity contribution in [2.24, 2.45) is 0 Å². The number of carbonyl (C=O) groups is 2. The number of ether oxygens (including phenoxy) is 2. The number of aryl methyl sites for hydroxylation is 1. The van der Waals surface area contributed by atoms with E-state index < -0.39 is 11.9 Å². The van der Waals surface area contributed by atoms with Gasteiger partial charge in [0, 0.05) is 5.69 Å². The molecule has 0 bridgehead atoms. The number of halogens is 1. The SMILES string of the molecule is CCOC(=O)c1ccc(NC(=O)/C(C#N)=C/c2ccc(OCc3cccc(C)c3)c(I)c2)cc1. The Morgan fingerprint density at radius 1 is 1.09 bits per heavy atom. The van der Waals surface area contributed by atoms with Crippen LogP contribution < -0.4 is 10.1 Å². The summed E-state index contributed by atoms with van der Waals surface area (Å²) < 4.78 is 11.7. The summed E-state index contributed by atoms with van der Waals surface area (Å²) >= 11 is 2.17. The molecule has 3 rings (SSSR count). The van der Waals surface area contributed by atoms with Gasteiger partial charge in [-0.3, -0.25) is 4.79 Å². The predicted molar refractivity (Wildman–Crippen MR) is 139 cm³/mol. The lowest BCUT2D eigenvalue weighted by Crippen LogP contribution is -2.13. The normalized spacial score (nSPS) is 10.8. The summed E-state index contributed by atoms with van der Waals surface area (Å²) in [7, 11) is 0. The summed E-state index contributed by atoms with van der Waals surface area (Å²) in [5.74, 6) is -0.246. The molecule has 1 amide bonds. The van der Waals surface area contributed by atoms with Gasteiger partial charge in [-0.05, 0) is 90.0 Å². The van der Waals surface area contributed by atoms with Crippen LogP contribution in [0.15, 0.2) is 72.3 Å². The minimum Gasteiger partial charge on any atom is -0.488 e. The number of anilines is 1. The third-order valence-corrected chi connectivity index (χ3v) is 5.61. The first kappa shape index (κ1) is 25.0. The van der Waals surface area contributed by atoms with Crippen molar-refractivity contribution in [3.63, 3.8) is 0 Å². The van der Waals surface area contributed by atoms with Crippen molar-refractivity contribution in [2.45, 2.75) is 20.5 Å². The van der Waals surface area contributed by atoms with Gasteiger partial charge in [0.05, 0.1) is 15.7 Å². The number of nitrogens with zero attached hydrogens (tertiary/aromatic N) is 1. The smallest absolute Gasteiger partial charge is 0.338 e. The Morgan fingerprint density at radius 2 is 1.85 bits per heavy atom. The molecule has 3 aromatic carbocycles. The zero-order chi connectivity index (χ0) is 24.5. The molecule has 0 heterocycles. The number of nitrogens with one attached hydrogen (secondary N) is 1. The molecular formula is C27H23IN2O4. The highest BCUT2D eigenvalue weighted by Crippen LogP contribution is 2.24. The molecule has 0 saturated heterocycles. The van der Waals surface area contributed by atoms with E-state index in [4.69, 9.17) is 9.47 Å². The lowest BCUT2D eigenvalue weighted by molar-refractivity contribution is -0.112. The highest BCUT2D eigenvalue weighted by atomic mass is 127. The van der Waals surface area contributed by atoms with E-state index in [0.29, 0.717) is 23.4 Å². The van der Waals surface area contributed by atoms with Gasteiger partial charge in [0.1, 0.15) is 24.0 Å². The van der Waals surface area contributed by atoms with Crippen molar-refractivity contribution in [1.29, 1.82) is 5.26 Å². The van der Waals surface area contributed by atoms with Crippen molar-refractivity contribution < 1.29 is 19.1 Å². The van der Waals surface area contributed by atoms with E-state index in [0.717, 1.165) is 14.9 Å². The van der Waals surface area contributed by atoms with Crippen LogP contribution in [0.1, 0.15) is 34.0 Å². The van der Waals surface area contributed by atoms with E-state index in [1.165, 1.54) is 11.6 Å². The van der Waals surface area contributed by atoms with E-state index in [1.807, 2.05) is 43.3 Å². The molecule has 0 aliphatic heterocycles. The molecule has 6 nitrogen and oxygen atoms in total. The molecule has 0 aromatic heterocycles. The van der Waals surface area contributed by atoms with E-state index in [2.05, 4.69) is 34.0 Å². The van der Waals surface area contributed by atoms with Crippen LogP contribution in [0.25, 0.3) is 6.08 Å². The van der Waals surface area contributed by atoms with Gasteiger partial charge in [-0.2, -0.15) is 5.26 Å². The second-order valence-electron chi connectivity index (χ2n) is 7.39. The fourth-order valence-electron chi connectivity index (χ4n) is 3.10. The first-order valence-corrected chi connectivity index (χ1v) is 11.7. The lowest BCUT2D eigenvalue weighted by atomic mass is 10.1. The number of carbonyl (C=O) groups excluding carboxylic acids is 2. The molecule has 3 aromatic rings. The molecule has 0 saturated carbocycles. The van der Waals surface area contributed by atoms with Crippen molar-refractivity contribution >= 4 is 46.2 Å². The van der Waals surface area contributed by atoms with Crippen LogP contribution in [-0.2, 0) is 16.1 Å². The van der Waals surface area contributed by atoms with Crippen LogP contribution >= 0.6 is 22.6 Å². The van der Waals surface area contributed by atoms with E-state index in [1.54, 1.807) is 37.3 Å². The Labute approximate surface area is 212 Å². The Hall–Kier alpha value is -3.64. The number of rotatable bonds is 8. The summed E-state index contributed by atoms with van der Waals surface area (Å²) in [6.45, 7) is 4.51. The third-order valence-electron chi connectivity index (χ3n) is 4.76. The second kappa shape index (κ2) is 12.0. The van der Waals surface area contributed by atoms with E-state index >= 15 is 0 Å². The van der Waals surface area contributed by atoms with E-state index in [-0.39, 0.29) is 12.2 Å². The van der Waals surface area contributed by atoms with Gasteiger partial charge in [-0.25, -0.2) is 4.79 Å². The highest BCUT2D eigenvalue weighted by molar-refractivity contribution is 14.1. The maximum atomic E-state index is 12.6. The van der Waals surface area contributed by atoms with Crippen molar-refractivity contribution in [1.82, 2.24) is 0 Å². The van der Waals surface area contributed by atoms with Gasteiger partial charge >= 0.3 is 5.97 Å². The van der Waals surface area contributed by atoms with Gasteiger partial charge in [0.15, 0.2) is 0 Å². The Kier molecular flexibility index (Phi) is 8.82. The highest BCUT2D eigenvalue weighted by Gasteiger charge is 2.12. The topological polar surface area (TPSA) is 88.4 Å². The quantitative estimate of drug-likeness (QED) is 0.159. The Morgan fingerprint density at radius 3 is 2.50 bits per heavy atom. The fourth-order valence-corrected chi connectivity index (χ4v) is 3.80. The second-order valence-corrected chi connectivity index (χ2v) is 8.55. The largest absolute Gasteiger partial charge is 0.488 e. The van der Waals surface area contributed by atoms with Crippen molar-refractivity contribution in [3.8, 4) is 11.8 Å². The minimum absolute atomic E-state index is 0.0429. The third kappa shape index (κ3) is 6.93. The zero-order valence-electron chi connectivity index (χ0n) is 18.8. The van der Waals surface area contributed by atoms with Gasteiger partial charge in [0.2, 0.25) is 0 Å². The van der Waals surface area contributed by atoms with Crippen LogP contribution in [0.5, 0.6) is 5.75 Å². The summed E-state index contributed by atoms with van der Waals surface area (Å²) in [5, 5.41) is 12.2. The lowest BCUT2D eigenvalue weighted by Gasteiger charge is -2.10. The number of amides is 1. The maximum absolute atomic E-state index is 12.6. The maximum Gasteiger partial charge on any atom is 0.338 e. The fraction of sp³-hybridized carbons (Fsp3) is 0.148. The molecule has 0 fully saturated rings. The van der Waals surface area contributed by atoms with E-state index in [9.17, 15) is 14.9 Å². The number of benzene rings is 3. The van der Waals surface area contributed by atoms with Gasteiger partial charge in [-0.1, -0.05) is 35.9 Å². The average Bonchev–Trinajstić information content (AvgIpc) is 2.82. The molecule has 0 atom stereocenters. The average molecular weight is 566 g/mol. The van der Waals surface area contributed by atoms with Gasteiger partial charge in [0.25, 0.3) is 5.91 Å². The monoisotopic (exact) mass is 566 g/mol. The first-order chi connectivity index (χ1) is 16.4. The van der Waals surface area contributed by atoms with Crippen molar-refractivity contribution in [2.75, 3.05) is 11.9 Å². The van der Waals surface area contributed by atoms with Gasteiger partial charge < -0.3 is 14.8 Å². The molecule has 0 spiro atoms. The van der Waals surface area contributed by atoms with Crippen LogP contribution in [0.4, 0.5) is 5.69 Å². The molecule has 7 heteroatoms. The first-order valence-electron chi connectivity index (χ1n) is 10.6. The molecule has 34 heavy (non-hydrogen) atoms. The number of nitriles is 1. The van der Waals surface area contributed by atoms with Crippen LogP contribution in [0.3, 0.4) is 0 Å². The Bertz CT molecular complexity index is 1260. The Balaban J connectivity index is 1.67. The number of hydrogen-bond donors (Lipinski definition) is 1. The summed E-state index contributed by atoms with van der Waals surface area (Å²) in [6, 6.07) is 21.8. The summed E-state index contributed by atoms with van der Waals surface area (Å²) in [6.07, 6.45) is 1.52. The van der Waals surface area contributed by atoms with Crippen LogP contribution in [0.2, 0.25) is 0 Å². The zero-order valence-corrected chi connectivity index (χ0v) is 21.0. The van der Waals surface area contributed by atoms with Crippen molar-refractivity contribution in [3.05, 3.63) is 98.1 Å². The molecule has 0 aliphatic rings. The van der Waals surface area contributed by atoms with Crippen LogP contribution in [0, 0.1) is 21.8 Å². The molecule has 0 unspecified atom stereocenters. The summed E-state index contributed by atoms with van der Waals surface area (Å²) in [5.41, 5.74) is 3.77. The van der Waals surface area contributed by atoms with Gasteiger partial charge in [-0.15, -0.1) is 0 Å². The number of esters is 1.